The first-order valence-electron chi connectivity index (χ1n) is 9.88. The fraction of sp³-hybridized carbons (Fsp3) is 0.429. The summed E-state index contributed by atoms with van der Waals surface area (Å²) in [6, 6.07) is 5.43. The van der Waals surface area contributed by atoms with Crippen LogP contribution in [0, 0.1) is 0 Å². The van der Waals surface area contributed by atoms with Crippen molar-refractivity contribution in [3.05, 3.63) is 29.8 Å². The van der Waals surface area contributed by atoms with Crippen LogP contribution in [0.4, 0.5) is 15.4 Å². The smallest absolute Gasteiger partial charge is 0.410 e. The SMILES string of the molecule is Cn1nc(N2CCC(=O)NC2=O)c2ccc(C3=CCN(C(=O)OC(C)(C)C)C3)cc21. The van der Waals surface area contributed by atoms with Crippen molar-refractivity contribution in [3.8, 4) is 0 Å². The van der Waals surface area contributed by atoms with Gasteiger partial charge in [0, 0.05) is 38.5 Å². The number of aryl methyl sites for hydroxylation is 1. The van der Waals surface area contributed by atoms with E-state index in [2.05, 4.69) is 10.4 Å². The lowest BCUT2D eigenvalue weighted by molar-refractivity contribution is -0.120. The largest absolute Gasteiger partial charge is 0.444 e. The molecule has 2 aromatic rings. The van der Waals surface area contributed by atoms with Crippen LogP contribution in [-0.2, 0) is 16.6 Å². The van der Waals surface area contributed by atoms with Crippen LogP contribution in [-0.4, -0.2) is 57.9 Å². The fourth-order valence-electron chi connectivity index (χ4n) is 3.63. The van der Waals surface area contributed by atoms with E-state index in [-0.39, 0.29) is 18.4 Å². The number of nitrogens with zero attached hydrogens (tertiary/aromatic N) is 4. The molecule has 3 heterocycles. The quantitative estimate of drug-likeness (QED) is 0.820. The number of aromatic nitrogens is 2. The second-order valence-electron chi connectivity index (χ2n) is 8.52. The van der Waals surface area contributed by atoms with Crippen molar-refractivity contribution in [2.24, 2.45) is 7.05 Å². The standard InChI is InChI=1S/C21H25N5O4/c1-21(2,3)30-20(29)25-9-7-14(12-25)13-5-6-15-16(11-13)24(4)23-18(15)26-10-8-17(27)22-19(26)28/h5-7,11H,8-10,12H2,1-4H3,(H,22,27,28). The highest BCUT2D eigenvalue weighted by Gasteiger charge is 2.29. The zero-order chi connectivity index (χ0) is 21.6. The maximum Gasteiger partial charge on any atom is 0.410 e. The summed E-state index contributed by atoms with van der Waals surface area (Å²) >= 11 is 0. The van der Waals surface area contributed by atoms with Gasteiger partial charge >= 0.3 is 12.1 Å². The Kier molecular flexibility index (Phi) is 4.76. The van der Waals surface area contributed by atoms with Crippen LogP contribution in [0.25, 0.3) is 16.5 Å². The van der Waals surface area contributed by atoms with Gasteiger partial charge in [0.25, 0.3) is 0 Å². The van der Waals surface area contributed by atoms with Crippen molar-refractivity contribution in [2.75, 3.05) is 24.5 Å². The molecule has 1 aromatic carbocycles. The second-order valence-corrected chi connectivity index (χ2v) is 8.52. The number of carbonyl (C=O) groups excluding carboxylic acids is 3. The van der Waals surface area contributed by atoms with Gasteiger partial charge in [-0.05, 0) is 44.0 Å². The molecule has 0 spiro atoms. The monoisotopic (exact) mass is 411 g/mol. The van der Waals surface area contributed by atoms with E-state index in [0.29, 0.717) is 25.5 Å². The predicted octanol–water partition coefficient (Wildman–Crippen LogP) is 2.65. The highest BCUT2D eigenvalue weighted by Crippen LogP contribution is 2.31. The van der Waals surface area contributed by atoms with E-state index in [4.69, 9.17) is 4.74 Å². The third-order valence-corrected chi connectivity index (χ3v) is 5.08. The molecular formula is C21H25N5O4. The van der Waals surface area contributed by atoms with Crippen LogP contribution in [0.5, 0.6) is 0 Å². The molecule has 0 atom stereocenters. The first kappa shape index (κ1) is 19.9. The predicted molar refractivity (Wildman–Crippen MR) is 112 cm³/mol. The molecule has 0 aliphatic carbocycles. The van der Waals surface area contributed by atoms with E-state index in [9.17, 15) is 14.4 Å². The molecule has 9 heteroatoms. The summed E-state index contributed by atoms with van der Waals surface area (Å²) in [4.78, 5) is 39.1. The van der Waals surface area contributed by atoms with E-state index < -0.39 is 11.6 Å². The Balaban J connectivity index is 1.57. The Bertz CT molecular complexity index is 1080. The minimum Gasteiger partial charge on any atom is -0.444 e. The summed E-state index contributed by atoms with van der Waals surface area (Å²) in [6.07, 6.45) is 1.93. The number of rotatable bonds is 2. The zero-order valence-corrected chi connectivity index (χ0v) is 17.6. The number of amides is 4. The molecular weight excluding hydrogens is 386 g/mol. The average molecular weight is 411 g/mol. The first-order chi connectivity index (χ1) is 14.1. The molecule has 2 aliphatic rings. The zero-order valence-electron chi connectivity index (χ0n) is 17.6. The molecule has 1 aromatic heterocycles. The van der Waals surface area contributed by atoms with Crippen LogP contribution >= 0.6 is 0 Å². The van der Waals surface area contributed by atoms with Crippen molar-refractivity contribution in [2.45, 2.75) is 32.8 Å². The maximum atomic E-state index is 12.3. The number of carbonyl (C=O) groups is 3. The Labute approximate surface area is 174 Å². The number of anilines is 1. The molecule has 0 saturated carbocycles. The number of fused-ring (bicyclic) bond motifs is 1. The first-order valence-corrected chi connectivity index (χ1v) is 9.88. The van der Waals surface area contributed by atoms with Crippen molar-refractivity contribution in [3.63, 3.8) is 0 Å². The molecule has 4 rings (SSSR count). The normalized spacial score (nSPS) is 17.4. The van der Waals surface area contributed by atoms with Gasteiger partial charge in [-0.2, -0.15) is 5.10 Å². The van der Waals surface area contributed by atoms with Crippen molar-refractivity contribution in [1.29, 1.82) is 0 Å². The molecule has 1 fully saturated rings. The summed E-state index contributed by atoms with van der Waals surface area (Å²) in [5, 5.41) is 7.66. The Morgan fingerprint density at radius 3 is 2.70 bits per heavy atom. The summed E-state index contributed by atoms with van der Waals surface area (Å²) in [7, 11) is 1.82. The van der Waals surface area contributed by atoms with E-state index in [1.807, 2.05) is 52.1 Å². The van der Waals surface area contributed by atoms with Gasteiger partial charge < -0.3 is 9.64 Å². The van der Waals surface area contributed by atoms with Crippen molar-refractivity contribution < 1.29 is 19.1 Å². The van der Waals surface area contributed by atoms with Gasteiger partial charge in [0.2, 0.25) is 5.91 Å². The third kappa shape index (κ3) is 3.74. The van der Waals surface area contributed by atoms with Gasteiger partial charge in [0.05, 0.1) is 5.52 Å². The van der Waals surface area contributed by atoms with Gasteiger partial charge in [-0.15, -0.1) is 0 Å². The lowest BCUT2D eigenvalue weighted by Crippen LogP contribution is -2.49. The molecule has 1 saturated heterocycles. The lowest BCUT2D eigenvalue weighted by Gasteiger charge is -2.24. The number of nitrogens with one attached hydrogen (secondary N) is 1. The van der Waals surface area contributed by atoms with Crippen molar-refractivity contribution in [1.82, 2.24) is 20.0 Å². The Morgan fingerprint density at radius 2 is 2.00 bits per heavy atom. The van der Waals surface area contributed by atoms with Crippen LogP contribution in [0.3, 0.4) is 0 Å². The summed E-state index contributed by atoms with van der Waals surface area (Å²) < 4.78 is 7.18. The van der Waals surface area contributed by atoms with E-state index in [1.54, 1.807) is 9.58 Å². The van der Waals surface area contributed by atoms with Crippen LogP contribution in [0.1, 0.15) is 32.8 Å². The van der Waals surface area contributed by atoms with E-state index >= 15 is 0 Å². The Hall–Kier alpha value is -3.36. The van der Waals surface area contributed by atoms with Crippen LogP contribution < -0.4 is 10.2 Å². The Morgan fingerprint density at radius 1 is 1.23 bits per heavy atom. The molecule has 1 N–H and O–H groups in total. The van der Waals surface area contributed by atoms with Gasteiger partial charge in [0.15, 0.2) is 5.82 Å². The number of ether oxygens (including phenoxy) is 1. The van der Waals surface area contributed by atoms with Crippen molar-refractivity contribution >= 4 is 40.3 Å². The highest BCUT2D eigenvalue weighted by molar-refractivity contribution is 6.09. The molecule has 158 valence electrons. The molecule has 30 heavy (non-hydrogen) atoms. The lowest BCUT2D eigenvalue weighted by atomic mass is 10.0. The van der Waals surface area contributed by atoms with Crippen LogP contribution in [0.15, 0.2) is 24.3 Å². The third-order valence-electron chi connectivity index (χ3n) is 5.08. The van der Waals surface area contributed by atoms with Gasteiger partial charge in [-0.1, -0.05) is 12.1 Å². The number of hydrogen-bond donors (Lipinski definition) is 1. The molecule has 4 amide bonds. The fourth-order valence-corrected chi connectivity index (χ4v) is 3.63. The minimum atomic E-state index is -0.533. The number of imide groups is 1. The van der Waals surface area contributed by atoms with Gasteiger partial charge in [-0.25, -0.2) is 9.59 Å². The molecule has 0 unspecified atom stereocenters. The summed E-state index contributed by atoms with van der Waals surface area (Å²) in [5.74, 6) is 0.251. The van der Waals surface area contributed by atoms with Crippen LogP contribution in [0.2, 0.25) is 0 Å². The molecule has 0 radical (unpaired) electrons. The minimum absolute atomic E-state index is 0.245. The maximum absolute atomic E-state index is 12.3. The highest BCUT2D eigenvalue weighted by atomic mass is 16.6. The molecule has 9 nitrogen and oxygen atoms in total. The number of urea groups is 1. The number of benzene rings is 1. The van der Waals surface area contributed by atoms with Gasteiger partial charge in [0.1, 0.15) is 5.60 Å². The summed E-state index contributed by atoms with van der Waals surface area (Å²) in [5.41, 5.74) is 2.35. The number of hydrogen-bond acceptors (Lipinski definition) is 5. The molecule has 2 aliphatic heterocycles. The van der Waals surface area contributed by atoms with E-state index in [0.717, 1.165) is 22.0 Å². The van der Waals surface area contributed by atoms with Gasteiger partial charge in [-0.3, -0.25) is 19.7 Å². The molecule has 0 bridgehead atoms. The summed E-state index contributed by atoms with van der Waals surface area (Å²) in [6.45, 7) is 6.82. The van der Waals surface area contributed by atoms with E-state index in [1.165, 1.54) is 4.90 Å². The average Bonchev–Trinajstić information content (AvgIpc) is 3.26. The topological polar surface area (TPSA) is 96.8 Å². The second kappa shape index (κ2) is 7.16.